The summed E-state index contributed by atoms with van der Waals surface area (Å²) in [5.74, 6) is 0.882. The van der Waals surface area contributed by atoms with Crippen molar-refractivity contribution in [3.8, 4) is 5.82 Å². The molecule has 0 atom stereocenters. The summed E-state index contributed by atoms with van der Waals surface area (Å²) < 4.78 is 1.89. The SMILES string of the molecule is CCc1cc(CN)cc(-n2ccnc2)n1. The number of aromatic nitrogens is 3. The number of rotatable bonds is 3. The van der Waals surface area contributed by atoms with Gasteiger partial charge >= 0.3 is 0 Å². The van der Waals surface area contributed by atoms with Crippen LogP contribution < -0.4 is 5.73 Å². The fourth-order valence-electron chi connectivity index (χ4n) is 1.46. The molecule has 4 heteroatoms. The lowest BCUT2D eigenvalue weighted by Crippen LogP contribution is -2.03. The molecular weight excluding hydrogens is 188 g/mol. The Balaban J connectivity index is 2.47. The normalized spacial score (nSPS) is 10.5. The average molecular weight is 202 g/mol. The van der Waals surface area contributed by atoms with E-state index in [0.717, 1.165) is 23.5 Å². The van der Waals surface area contributed by atoms with Crippen LogP contribution in [0.4, 0.5) is 0 Å². The van der Waals surface area contributed by atoms with Crippen molar-refractivity contribution in [2.75, 3.05) is 0 Å². The standard InChI is InChI=1S/C11H14N4/c1-2-10-5-9(7-12)6-11(14-10)15-4-3-13-8-15/h3-6,8H,2,7,12H2,1H3. The van der Waals surface area contributed by atoms with E-state index < -0.39 is 0 Å². The third-order valence-corrected chi connectivity index (χ3v) is 2.29. The molecule has 0 aromatic carbocycles. The fourth-order valence-corrected chi connectivity index (χ4v) is 1.46. The molecule has 2 aromatic rings. The van der Waals surface area contributed by atoms with E-state index in [-0.39, 0.29) is 0 Å². The van der Waals surface area contributed by atoms with Crippen molar-refractivity contribution < 1.29 is 0 Å². The highest BCUT2D eigenvalue weighted by Crippen LogP contribution is 2.10. The van der Waals surface area contributed by atoms with Gasteiger partial charge in [-0.15, -0.1) is 0 Å². The zero-order valence-electron chi connectivity index (χ0n) is 8.72. The Morgan fingerprint density at radius 2 is 2.27 bits per heavy atom. The van der Waals surface area contributed by atoms with E-state index in [2.05, 4.69) is 16.9 Å². The Kier molecular flexibility index (Phi) is 2.78. The number of nitrogens with two attached hydrogens (primary N) is 1. The summed E-state index contributed by atoms with van der Waals surface area (Å²) in [6.45, 7) is 2.62. The first kappa shape index (κ1) is 9.86. The predicted octanol–water partition coefficient (Wildman–Crippen LogP) is 1.29. The molecule has 15 heavy (non-hydrogen) atoms. The summed E-state index contributed by atoms with van der Waals surface area (Å²) in [5.41, 5.74) is 7.80. The van der Waals surface area contributed by atoms with E-state index in [9.17, 15) is 0 Å². The molecule has 0 spiro atoms. The predicted molar refractivity (Wildman–Crippen MR) is 58.6 cm³/mol. The molecule has 4 nitrogen and oxygen atoms in total. The molecule has 0 aliphatic carbocycles. The van der Waals surface area contributed by atoms with Crippen molar-refractivity contribution in [3.05, 3.63) is 42.1 Å². The smallest absolute Gasteiger partial charge is 0.138 e. The highest BCUT2D eigenvalue weighted by atomic mass is 15.1. The Morgan fingerprint density at radius 3 is 2.87 bits per heavy atom. The van der Waals surface area contributed by atoms with E-state index in [1.807, 2.05) is 22.9 Å². The van der Waals surface area contributed by atoms with Gasteiger partial charge in [0.1, 0.15) is 12.1 Å². The van der Waals surface area contributed by atoms with Crippen LogP contribution in [0.5, 0.6) is 0 Å². The number of hydrogen-bond acceptors (Lipinski definition) is 3. The summed E-state index contributed by atoms with van der Waals surface area (Å²) in [5, 5.41) is 0. The van der Waals surface area contributed by atoms with Crippen LogP contribution in [0.2, 0.25) is 0 Å². The summed E-state index contributed by atoms with van der Waals surface area (Å²) in [7, 11) is 0. The third kappa shape index (κ3) is 2.05. The van der Waals surface area contributed by atoms with Crippen molar-refractivity contribution in [3.63, 3.8) is 0 Å². The molecule has 2 heterocycles. The lowest BCUT2D eigenvalue weighted by atomic mass is 10.2. The van der Waals surface area contributed by atoms with Gasteiger partial charge in [-0.2, -0.15) is 0 Å². The van der Waals surface area contributed by atoms with Crippen molar-refractivity contribution in [1.82, 2.24) is 14.5 Å². The molecular formula is C11H14N4. The van der Waals surface area contributed by atoms with Crippen molar-refractivity contribution >= 4 is 0 Å². The molecule has 2 rings (SSSR count). The Bertz CT molecular complexity index is 412. The van der Waals surface area contributed by atoms with Crippen LogP contribution in [0.25, 0.3) is 5.82 Å². The van der Waals surface area contributed by atoms with Gasteiger partial charge in [-0.3, -0.25) is 4.57 Å². The third-order valence-electron chi connectivity index (χ3n) is 2.29. The average Bonchev–Trinajstić information content (AvgIpc) is 2.81. The van der Waals surface area contributed by atoms with Gasteiger partial charge in [-0.25, -0.2) is 9.97 Å². The summed E-state index contributed by atoms with van der Waals surface area (Å²) in [6, 6.07) is 4.03. The second-order valence-corrected chi connectivity index (χ2v) is 3.35. The monoisotopic (exact) mass is 202 g/mol. The second-order valence-electron chi connectivity index (χ2n) is 3.35. The topological polar surface area (TPSA) is 56.7 Å². The van der Waals surface area contributed by atoms with E-state index in [4.69, 9.17) is 5.73 Å². The first-order valence-electron chi connectivity index (χ1n) is 5.01. The Hall–Kier alpha value is -1.68. The summed E-state index contributed by atoms with van der Waals surface area (Å²) >= 11 is 0. The van der Waals surface area contributed by atoms with Gasteiger partial charge in [-0.05, 0) is 24.1 Å². The highest BCUT2D eigenvalue weighted by molar-refractivity contribution is 5.31. The van der Waals surface area contributed by atoms with Crippen LogP contribution in [0.15, 0.2) is 30.9 Å². The molecule has 0 aliphatic rings. The lowest BCUT2D eigenvalue weighted by Gasteiger charge is -2.06. The first-order valence-corrected chi connectivity index (χ1v) is 5.01. The number of pyridine rings is 1. The zero-order valence-corrected chi connectivity index (χ0v) is 8.72. The lowest BCUT2D eigenvalue weighted by molar-refractivity contribution is 0.920. The summed E-state index contributed by atoms with van der Waals surface area (Å²) in [4.78, 5) is 8.51. The van der Waals surface area contributed by atoms with Crippen molar-refractivity contribution in [2.24, 2.45) is 5.73 Å². The van der Waals surface area contributed by atoms with Gasteiger partial charge in [-0.1, -0.05) is 6.92 Å². The van der Waals surface area contributed by atoms with Gasteiger partial charge in [0.2, 0.25) is 0 Å². The Labute approximate surface area is 88.8 Å². The van der Waals surface area contributed by atoms with Crippen LogP contribution in [0.1, 0.15) is 18.2 Å². The number of hydrogen-bond donors (Lipinski definition) is 1. The maximum Gasteiger partial charge on any atom is 0.138 e. The van der Waals surface area contributed by atoms with Crippen LogP contribution in [-0.2, 0) is 13.0 Å². The van der Waals surface area contributed by atoms with Gasteiger partial charge in [0, 0.05) is 24.6 Å². The molecule has 0 fully saturated rings. The van der Waals surface area contributed by atoms with E-state index in [1.165, 1.54) is 0 Å². The molecule has 0 unspecified atom stereocenters. The summed E-state index contributed by atoms with van der Waals surface area (Å²) in [6.07, 6.45) is 6.27. The van der Waals surface area contributed by atoms with Crippen molar-refractivity contribution in [1.29, 1.82) is 0 Å². The largest absolute Gasteiger partial charge is 0.326 e. The molecule has 0 saturated carbocycles. The molecule has 0 amide bonds. The molecule has 78 valence electrons. The van der Waals surface area contributed by atoms with Gasteiger partial charge in [0.05, 0.1) is 0 Å². The molecule has 0 aliphatic heterocycles. The van der Waals surface area contributed by atoms with E-state index in [0.29, 0.717) is 6.54 Å². The minimum atomic E-state index is 0.539. The van der Waals surface area contributed by atoms with Crippen LogP contribution >= 0.6 is 0 Å². The van der Waals surface area contributed by atoms with Crippen molar-refractivity contribution in [2.45, 2.75) is 19.9 Å². The minimum Gasteiger partial charge on any atom is -0.326 e. The van der Waals surface area contributed by atoms with Crippen LogP contribution in [0.3, 0.4) is 0 Å². The maximum atomic E-state index is 5.64. The van der Waals surface area contributed by atoms with Gasteiger partial charge in [0.25, 0.3) is 0 Å². The van der Waals surface area contributed by atoms with Crippen LogP contribution in [0, 0.1) is 0 Å². The number of nitrogens with zero attached hydrogens (tertiary/aromatic N) is 3. The molecule has 2 N–H and O–H groups in total. The molecule has 0 saturated heterocycles. The van der Waals surface area contributed by atoms with Crippen LogP contribution in [-0.4, -0.2) is 14.5 Å². The Morgan fingerprint density at radius 1 is 1.40 bits per heavy atom. The van der Waals surface area contributed by atoms with E-state index >= 15 is 0 Å². The highest BCUT2D eigenvalue weighted by Gasteiger charge is 2.02. The number of aryl methyl sites for hydroxylation is 1. The minimum absolute atomic E-state index is 0.539. The second kappa shape index (κ2) is 4.23. The number of imidazole rings is 1. The zero-order chi connectivity index (χ0) is 10.7. The molecule has 2 aromatic heterocycles. The quantitative estimate of drug-likeness (QED) is 0.815. The molecule has 0 radical (unpaired) electrons. The fraction of sp³-hybridized carbons (Fsp3) is 0.273. The van der Waals surface area contributed by atoms with E-state index in [1.54, 1.807) is 12.5 Å². The van der Waals surface area contributed by atoms with Gasteiger partial charge in [0.15, 0.2) is 0 Å². The molecule has 0 bridgehead atoms. The maximum absolute atomic E-state index is 5.64. The van der Waals surface area contributed by atoms with Gasteiger partial charge < -0.3 is 5.73 Å². The first-order chi connectivity index (χ1) is 7.33.